The van der Waals surface area contributed by atoms with Crippen LogP contribution in [0.1, 0.15) is 33.1 Å². The number of carbonyl (C=O) groups is 2. The summed E-state index contributed by atoms with van der Waals surface area (Å²) in [5.74, 6) is -0.217. The number of hydrogen-bond acceptors (Lipinski definition) is 11. The molecule has 0 bridgehead atoms. The lowest BCUT2D eigenvalue weighted by molar-refractivity contribution is -0.115. The highest BCUT2D eigenvalue weighted by Crippen LogP contribution is 2.34. The number of nitrogens with zero attached hydrogens (tertiary/aromatic N) is 10. The van der Waals surface area contributed by atoms with Gasteiger partial charge in [-0.05, 0) is 102 Å². The molecule has 2 amide bonds. The second kappa shape index (κ2) is 19.2. The van der Waals surface area contributed by atoms with Crippen LogP contribution in [0.15, 0.2) is 147 Å². The molecule has 2 aliphatic rings. The Morgan fingerprint density at radius 2 is 0.943 bits per heavy atom. The van der Waals surface area contributed by atoms with Gasteiger partial charge in [0, 0.05) is 146 Å². The van der Waals surface area contributed by atoms with E-state index in [0.717, 1.165) is 128 Å². The number of aromatic nitrogens is 8. The van der Waals surface area contributed by atoms with Crippen molar-refractivity contribution in [2.45, 2.75) is 33.1 Å². The van der Waals surface area contributed by atoms with E-state index in [1.165, 1.54) is 44.5 Å². The smallest absolute Gasteiger partial charge is 0.221 e. The Balaban J connectivity index is 0.000000152. The number of piperidine rings is 1. The standard InChI is InChI=1S/C28H26N6O.C27H25N7O/c1-19(35)32-22-7-10-25-24(11-12-29-27(25)15-22)26-17-31-34-18-21(16-30-28(26)34)20-5-8-23(9-6-20)33-13-3-2-4-14-33;1-18(35)32-21-4-7-24-23(8-9-29-26(24)14-21)25-16-31-34-17-20(15-30-27(25)34)19-2-5-22(6-3-19)33-12-10-28-11-13-33/h5-12,15-18H,2-4,13-14H2,1H3,(H,32,35);2-9,14-17,28H,10-13H2,1H3,(H,32,35). The molecule has 10 aromatic rings. The van der Waals surface area contributed by atoms with Gasteiger partial charge in [-0.3, -0.25) is 19.6 Å². The molecule has 0 radical (unpaired) electrons. The van der Waals surface area contributed by atoms with Gasteiger partial charge in [-0.2, -0.15) is 10.2 Å². The molecule has 348 valence electrons. The molecule has 0 saturated carbocycles. The van der Waals surface area contributed by atoms with Crippen LogP contribution in [0.2, 0.25) is 0 Å². The molecule has 0 spiro atoms. The molecule has 6 aromatic heterocycles. The van der Waals surface area contributed by atoms with Crippen molar-refractivity contribution in [2.75, 3.05) is 59.7 Å². The molecular formula is C55H51N13O2. The largest absolute Gasteiger partial charge is 0.372 e. The van der Waals surface area contributed by atoms with Crippen molar-refractivity contribution in [3.8, 4) is 44.5 Å². The third-order valence-electron chi connectivity index (χ3n) is 13.0. The Morgan fingerprint density at radius 1 is 0.486 bits per heavy atom. The fraction of sp³-hybridized carbons (Fsp3) is 0.200. The Morgan fingerprint density at radius 3 is 1.40 bits per heavy atom. The number of benzene rings is 4. The van der Waals surface area contributed by atoms with E-state index in [2.05, 4.69) is 94.4 Å². The molecule has 12 rings (SSSR count). The van der Waals surface area contributed by atoms with Crippen molar-refractivity contribution in [1.82, 2.24) is 44.5 Å². The van der Waals surface area contributed by atoms with Crippen LogP contribution in [0.25, 0.3) is 77.6 Å². The molecule has 0 aliphatic carbocycles. The summed E-state index contributed by atoms with van der Waals surface area (Å²) in [5.41, 5.74) is 15.3. The topological polar surface area (TPSA) is 163 Å². The lowest BCUT2D eigenvalue weighted by Crippen LogP contribution is -2.43. The maximum Gasteiger partial charge on any atom is 0.221 e. The summed E-state index contributed by atoms with van der Waals surface area (Å²) >= 11 is 0. The average Bonchev–Trinajstić information content (AvgIpc) is 4.03. The zero-order valence-electron chi connectivity index (χ0n) is 39.0. The first-order valence-corrected chi connectivity index (χ1v) is 23.7. The van der Waals surface area contributed by atoms with E-state index in [1.807, 2.05) is 94.7 Å². The van der Waals surface area contributed by atoms with Gasteiger partial charge in [-0.15, -0.1) is 0 Å². The molecule has 70 heavy (non-hydrogen) atoms. The van der Waals surface area contributed by atoms with Crippen LogP contribution in [0.4, 0.5) is 22.7 Å². The Hall–Kier alpha value is -8.56. The predicted molar refractivity (Wildman–Crippen MR) is 278 cm³/mol. The van der Waals surface area contributed by atoms with E-state index < -0.39 is 0 Å². The number of hydrogen-bond donors (Lipinski definition) is 3. The zero-order chi connectivity index (χ0) is 47.6. The molecule has 15 heteroatoms. The van der Waals surface area contributed by atoms with Crippen LogP contribution in [0.5, 0.6) is 0 Å². The number of fused-ring (bicyclic) bond motifs is 4. The lowest BCUT2D eigenvalue weighted by Gasteiger charge is -2.29. The zero-order valence-corrected chi connectivity index (χ0v) is 39.0. The third kappa shape index (κ3) is 9.09. The van der Waals surface area contributed by atoms with Gasteiger partial charge in [0.25, 0.3) is 0 Å². The van der Waals surface area contributed by atoms with Gasteiger partial charge in [0.2, 0.25) is 11.8 Å². The van der Waals surface area contributed by atoms with Crippen molar-refractivity contribution >= 4 is 67.7 Å². The van der Waals surface area contributed by atoms with Gasteiger partial charge >= 0.3 is 0 Å². The number of pyridine rings is 2. The molecule has 15 nitrogen and oxygen atoms in total. The molecular weight excluding hydrogens is 875 g/mol. The SMILES string of the molecule is CC(=O)Nc1ccc2c(-c3cnn4cc(-c5ccc(N6CCCCC6)cc5)cnc34)ccnc2c1.CC(=O)Nc1ccc2c(-c3cnn4cc(-c5ccc(N6CCNCC6)cc5)cnc34)ccnc2c1. The van der Waals surface area contributed by atoms with Crippen LogP contribution in [0.3, 0.4) is 0 Å². The average molecular weight is 926 g/mol. The van der Waals surface area contributed by atoms with Gasteiger partial charge in [0.05, 0.1) is 23.4 Å². The number of piperazine rings is 1. The van der Waals surface area contributed by atoms with E-state index in [9.17, 15) is 9.59 Å². The fourth-order valence-electron chi connectivity index (χ4n) is 9.56. The van der Waals surface area contributed by atoms with Crippen LogP contribution in [-0.4, -0.2) is 90.2 Å². The van der Waals surface area contributed by atoms with Crippen molar-refractivity contribution in [2.24, 2.45) is 0 Å². The van der Waals surface area contributed by atoms with Crippen molar-refractivity contribution in [3.05, 3.63) is 147 Å². The molecule has 4 aromatic carbocycles. The highest BCUT2D eigenvalue weighted by Gasteiger charge is 2.17. The number of carbonyl (C=O) groups excluding carboxylic acids is 2. The first-order chi connectivity index (χ1) is 34.3. The molecule has 8 heterocycles. The minimum atomic E-state index is -0.110. The maximum atomic E-state index is 11.4. The van der Waals surface area contributed by atoms with Gasteiger partial charge in [0.15, 0.2) is 11.3 Å². The summed E-state index contributed by atoms with van der Waals surface area (Å²) in [7, 11) is 0. The number of rotatable bonds is 8. The first-order valence-electron chi connectivity index (χ1n) is 23.7. The van der Waals surface area contributed by atoms with Crippen LogP contribution >= 0.6 is 0 Å². The Labute approximate surface area is 404 Å². The second-order valence-corrected chi connectivity index (χ2v) is 17.8. The van der Waals surface area contributed by atoms with E-state index in [0.29, 0.717) is 0 Å². The summed E-state index contributed by atoms with van der Waals surface area (Å²) in [6.45, 7) is 9.37. The number of anilines is 4. The van der Waals surface area contributed by atoms with Crippen molar-refractivity contribution in [3.63, 3.8) is 0 Å². The van der Waals surface area contributed by atoms with Crippen LogP contribution in [-0.2, 0) is 9.59 Å². The molecule has 2 aliphatic heterocycles. The minimum Gasteiger partial charge on any atom is -0.372 e. The normalized spacial score (nSPS) is 13.9. The van der Waals surface area contributed by atoms with Gasteiger partial charge < -0.3 is 25.8 Å². The monoisotopic (exact) mass is 925 g/mol. The highest BCUT2D eigenvalue weighted by molar-refractivity contribution is 6.01. The van der Waals surface area contributed by atoms with E-state index in [-0.39, 0.29) is 11.8 Å². The van der Waals surface area contributed by atoms with E-state index >= 15 is 0 Å². The van der Waals surface area contributed by atoms with Crippen LogP contribution < -0.4 is 25.8 Å². The van der Waals surface area contributed by atoms with E-state index in [1.54, 1.807) is 12.4 Å². The molecule has 2 saturated heterocycles. The first kappa shape index (κ1) is 44.0. The molecule has 0 unspecified atom stereocenters. The van der Waals surface area contributed by atoms with Gasteiger partial charge in [0.1, 0.15) is 0 Å². The molecule has 0 atom stereocenters. The van der Waals surface area contributed by atoms with Crippen molar-refractivity contribution < 1.29 is 9.59 Å². The summed E-state index contributed by atoms with van der Waals surface area (Å²) in [5, 5.41) is 20.2. The number of nitrogens with one attached hydrogen (secondary N) is 3. The summed E-state index contributed by atoms with van der Waals surface area (Å²) in [6.07, 6.45) is 19.0. The predicted octanol–water partition coefficient (Wildman–Crippen LogP) is 9.54. The summed E-state index contributed by atoms with van der Waals surface area (Å²) < 4.78 is 3.66. The highest BCUT2D eigenvalue weighted by atomic mass is 16.2. The van der Waals surface area contributed by atoms with Crippen molar-refractivity contribution in [1.29, 1.82) is 0 Å². The Kier molecular flexibility index (Phi) is 12.1. The fourth-order valence-corrected chi connectivity index (χ4v) is 9.56. The summed E-state index contributed by atoms with van der Waals surface area (Å²) in [4.78, 5) is 46.2. The lowest BCUT2D eigenvalue weighted by atomic mass is 10.0. The van der Waals surface area contributed by atoms with Gasteiger partial charge in [-0.1, -0.05) is 36.4 Å². The number of amides is 2. The molecule has 3 N–H and O–H groups in total. The van der Waals surface area contributed by atoms with E-state index in [4.69, 9.17) is 9.97 Å². The minimum absolute atomic E-state index is 0.107. The quantitative estimate of drug-likeness (QED) is 0.133. The van der Waals surface area contributed by atoms with Crippen LogP contribution in [0, 0.1) is 0 Å². The summed E-state index contributed by atoms with van der Waals surface area (Å²) in [6, 6.07) is 32.8. The van der Waals surface area contributed by atoms with Gasteiger partial charge in [-0.25, -0.2) is 19.0 Å². The Bertz CT molecular complexity index is 3300. The maximum absolute atomic E-state index is 11.4. The molecule has 2 fully saturated rings. The third-order valence-corrected chi connectivity index (χ3v) is 13.0. The second-order valence-electron chi connectivity index (χ2n) is 17.8.